The van der Waals surface area contributed by atoms with E-state index >= 15 is 0 Å². The quantitative estimate of drug-likeness (QED) is 0.548. The molecule has 0 fully saturated rings. The van der Waals surface area contributed by atoms with Gasteiger partial charge in [-0.15, -0.1) is 0 Å². The van der Waals surface area contributed by atoms with E-state index in [-0.39, 0.29) is 17.9 Å². The van der Waals surface area contributed by atoms with Crippen LogP contribution in [-0.2, 0) is 9.47 Å². The fourth-order valence-electron chi connectivity index (χ4n) is 1.06. The molecule has 15 heavy (non-hydrogen) atoms. The predicted octanol–water partition coefficient (Wildman–Crippen LogP) is 1.41. The SMILES string of the molecule is COC(CC(=O)c1ccc(F)cn1)OC. The van der Waals surface area contributed by atoms with Crippen LogP contribution >= 0.6 is 0 Å². The third-order valence-electron chi connectivity index (χ3n) is 1.89. The first-order valence-electron chi connectivity index (χ1n) is 4.37. The van der Waals surface area contributed by atoms with E-state index in [1.54, 1.807) is 0 Å². The molecule has 0 amide bonds. The molecule has 0 bridgehead atoms. The van der Waals surface area contributed by atoms with Crippen LogP contribution < -0.4 is 0 Å². The minimum absolute atomic E-state index is 0.0611. The molecule has 4 nitrogen and oxygen atoms in total. The van der Waals surface area contributed by atoms with Crippen molar-refractivity contribution in [2.24, 2.45) is 0 Å². The average molecular weight is 213 g/mol. The second-order valence-electron chi connectivity index (χ2n) is 2.89. The van der Waals surface area contributed by atoms with Crippen LogP contribution in [0.1, 0.15) is 16.9 Å². The average Bonchev–Trinajstić information content (AvgIpc) is 2.26. The zero-order chi connectivity index (χ0) is 11.3. The molecule has 0 unspecified atom stereocenters. The molecule has 1 aromatic heterocycles. The van der Waals surface area contributed by atoms with Crippen molar-refractivity contribution in [1.82, 2.24) is 4.98 Å². The van der Waals surface area contributed by atoms with Gasteiger partial charge in [0, 0.05) is 14.2 Å². The monoisotopic (exact) mass is 213 g/mol. The van der Waals surface area contributed by atoms with Gasteiger partial charge in [-0.25, -0.2) is 4.39 Å². The summed E-state index contributed by atoms with van der Waals surface area (Å²) >= 11 is 0. The minimum Gasteiger partial charge on any atom is -0.355 e. The topological polar surface area (TPSA) is 48.4 Å². The Kier molecular flexibility index (Phi) is 4.33. The number of carbonyl (C=O) groups is 1. The lowest BCUT2D eigenvalue weighted by atomic mass is 10.2. The van der Waals surface area contributed by atoms with Crippen LogP contribution in [0.4, 0.5) is 4.39 Å². The standard InChI is InChI=1S/C10H12FNO3/c1-14-10(15-2)5-9(13)8-4-3-7(11)6-12-8/h3-4,6,10H,5H2,1-2H3. The van der Waals surface area contributed by atoms with Crippen molar-refractivity contribution in [3.05, 3.63) is 29.8 Å². The highest BCUT2D eigenvalue weighted by molar-refractivity contribution is 5.94. The van der Waals surface area contributed by atoms with Gasteiger partial charge in [-0.05, 0) is 12.1 Å². The fourth-order valence-corrected chi connectivity index (χ4v) is 1.06. The van der Waals surface area contributed by atoms with E-state index in [4.69, 9.17) is 9.47 Å². The molecule has 1 heterocycles. The van der Waals surface area contributed by atoms with Gasteiger partial charge in [0.1, 0.15) is 11.5 Å². The number of rotatable bonds is 5. The first kappa shape index (κ1) is 11.7. The van der Waals surface area contributed by atoms with Crippen LogP contribution in [0, 0.1) is 5.82 Å². The highest BCUT2D eigenvalue weighted by Gasteiger charge is 2.14. The van der Waals surface area contributed by atoms with Gasteiger partial charge in [-0.1, -0.05) is 0 Å². The van der Waals surface area contributed by atoms with Crippen LogP contribution in [0.5, 0.6) is 0 Å². The Morgan fingerprint density at radius 2 is 2.13 bits per heavy atom. The molecule has 0 N–H and O–H groups in total. The van der Waals surface area contributed by atoms with E-state index in [2.05, 4.69) is 4.98 Å². The maximum atomic E-state index is 12.5. The normalized spacial score (nSPS) is 10.7. The van der Waals surface area contributed by atoms with Crippen molar-refractivity contribution >= 4 is 5.78 Å². The third kappa shape index (κ3) is 3.38. The number of carbonyl (C=O) groups excluding carboxylic acids is 1. The molecule has 0 aliphatic rings. The lowest BCUT2D eigenvalue weighted by Crippen LogP contribution is -2.18. The van der Waals surface area contributed by atoms with Crippen LogP contribution in [0.2, 0.25) is 0 Å². The lowest BCUT2D eigenvalue weighted by Gasteiger charge is -2.11. The molecule has 1 rings (SSSR count). The second kappa shape index (κ2) is 5.53. The zero-order valence-corrected chi connectivity index (χ0v) is 8.57. The van der Waals surface area contributed by atoms with Crippen LogP contribution in [0.25, 0.3) is 0 Å². The number of Topliss-reactive ketones (excluding diaryl/α,β-unsaturated/α-hetero) is 1. The maximum absolute atomic E-state index is 12.5. The highest BCUT2D eigenvalue weighted by Crippen LogP contribution is 2.06. The molecular formula is C10H12FNO3. The number of ether oxygens (including phenoxy) is 2. The summed E-state index contributed by atoms with van der Waals surface area (Å²) in [5.41, 5.74) is 0.204. The summed E-state index contributed by atoms with van der Waals surface area (Å²) in [6.45, 7) is 0. The Labute approximate surface area is 87.0 Å². The van der Waals surface area contributed by atoms with E-state index in [0.29, 0.717) is 0 Å². The molecule has 0 aliphatic heterocycles. The maximum Gasteiger partial charge on any atom is 0.186 e. The zero-order valence-electron chi connectivity index (χ0n) is 8.57. The second-order valence-corrected chi connectivity index (χ2v) is 2.89. The van der Waals surface area contributed by atoms with Gasteiger partial charge in [0.15, 0.2) is 12.1 Å². The highest BCUT2D eigenvalue weighted by atomic mass is 19.1. The summed E-state index contributed by atoms with van der Waals surface area (Å²) in [6.07, 6.45) is 0.470. The van der Waals surface area contributed by atoms with Crippen molar-refractivity contribution in [3.8, 4) is 0 Å². The molecule has 1 aromatic rings. The van der Waals surface area contributed by atoms with E-state index in [0.717, 1.165) is 6.20 Å². The van der Waals surface area contributed by atoms with Crippen molar-refractivity contribution < 1.29 is 18.7 Å². The van der Waals surface area contributed by atoms with E-state index < -0.39 is 12.1 Å². The van der Waals surface area contributed by atoms with Crippen LogP contribution in [0.3, 0.4) is 0 Å². The van der Waals surface area contributed by atoms with E-state index in [1.807, 2.05) is 0 Å². The number of hydrogen-bond donors (Lipinski definition) is 0. The Bertz CT molecular complexity index is 322. The number of nitrogens with zero attached hydrogens (tertiary/aromatic N) is 1. The van der Waals surface area contributed by atoms with Gasteiger partial charge in [0.05, 0.1) is 12.6 Å². The van der Waals surface area contributed by atoms with E-state index in [1.165, 1.54) is 26.4 Å². The molecule has 5 heteroatoms. The number of ketones is 1. The molecular weight excluding hydrogens is 201 g/mol. The summed E-state index contributed by atoms with van der Waals surface area (Å²) in [5, 5.41) is 0. The third-order valence-corrected chi connectivity index (χ3v) is 1.89. The molecule has 0 saturated heterocycles. The van der Waals surface area contributed by atoms with E-state index in [9.17, 15) is 9.18 Å². The fraction of sp³-hybridized carbons (Fsp3) is 0.400. The molecule has 0 aromatic carbocycles. The van der Waals surface area contributed by atoms with Crippen molar-refractivity contribution in [1.29, 1.82) is 0 Å². The van der Waals surface area contributed by atoms with Crippen molar-refractivity contribution in [2.75, 3.05) is 14.2 Å². The number of pyridine rings is 1. The molecule has 0 spiro atoms. The summed E-state index contributed by atoms with van der Waals surface area (Å²) in [6, 6.07) is 2.52. The first-order valence-corrected chi connectivity index (χ1v) is 4.37. The first-order chi connectivity index (χ1) is 7.17. The number of aromatic nitrogens is 1. The van der Waals surface area contributed by atoms with Gasteiger partial charge in [-0.3, -0.25) is 9.78 Å². The molecule has 0 saturated carbocycles. The summed E-state index contributed by atoms with van der Waals surface area (Å²) in [5.74, 6) is -0.717. The smallest absolute Gasteiger partial charge is 0.186 e. The lowest BCUT2D eigenvalue weighted by molar-refractivity contribution is -0.0993. The Morgan fingerprint density at radius 3 is 2.60 bits per heavy atom. The summed E-state index contributed by atoms with van der Waals surface area (Å²) in [4.78, 5) is 15.2. The summed E-state index contributed by atoms with van der Waals surface area (Å²) in [7, 11) is 2.89. The Morgan fingerprint density at radius 1 is 1.47 bits per heavy atom. The van der Waals surface area contributed by atoms with Gasteiger partial charge < -0.3 is 9.47 Å². The Hall–Kier alpha value is -1.33. The largest absolute Gasteiger partial charge is 0.355 e. The molecule has 0 atom stereocenters. The van der Waals surface area contributed by atoms with Crippen molar-refractivity contribution in [2.45, 2.75) is 12.7 Å². The molecule has 0 radical (unpaired) electrons. The van der Waals surface area contributed by atoms with Gasteiger partial charge in [-0.2, -0.15) is 0 Å². The minimum atomic E-state index is -0.593. The van der Waals surface area contributed by atoms with Crippen molar-refractivity contribution in [3.63, 3.8) is 0 Å². The molecule has 82 valence electrons. The number of hydrogen-bond acceptors (Lipinski definition) is 4. The van der Waals surface area contributed by atoms with Gasteiger partial charge in [0.25, 0.3) is 0 Å². The van der Waals surface area contributed by atoms with Gasteiger partial charge >= 0.3 is 0 Å². The van der Waals surface area contributed by atoms with Gasteiger partial charge in [0.2, 0.25) is 0 Å². The number of halogens is 1. The summed E-state index contributed by atoms with van der Waals surface area (Å²) < 4.78 is 22.3. The van der Waals surface area contributed by atoms with Crippen LogP contribution in [-0.4, -0.2) is 31.3 Å². The van der Waals surface area contributed by atoms with Crippen LogP contribution in [0.15, 0.2) is 18.3 Å². The molecule has 0 aliphatic carbocycles. The number of methoxy groups -OCH3 is 2. The predicted molar refractivity (Wildman–Crippen MR) is 50.9 cm³/mol. The Balaban J connectivity index is 2.64.